The number of benzene rings is 2. The molecule has 1 heterocycles. The van der Waals surface area contributed by atoms with Crippen LogP contribution in [0, 0.1) is 0 Å². The summed E-state index contributed by atoms with van der Waals surface area (Å²) in [5.41, 5.74) is 1.90. The first-order valence-electron chi connectivity index (χ1n) is 7.92. The van der Waals surface area contributed by atoms with Crippen LogP contribution in [0.4, 0.5) is 5.69 Å². The van der Waals surface area contributed by atoms with Crippen LogP contribution < -0.4 is 10.6 Å². The van der Waals surface area contributed by atoms with Crippen LogP contribution in [-0.4, -0.2) is 18.4 Å². The molecule has 0 saturated heterocycles. The van der Waals surface area contributed by atoms with Gasteiger partial charge >= 0.3 is 0 Å². The van der Waals surface area contributed by atoms with E-state index in [-0.39, 0.29) is 18.4 Å². The third-order valence-electron chi connectivity index (χ3n) is 3.80. The molecule has 2 aromatic carbocycles. The zero-order valence-corrected chi connectivity index (χ0v) is 15.2. The fourth-order valence-electron chi connectivity index (χ4n) is 2.43. The molecule has 0 radical (unpaired) electrons. The van der Waals surface area contributed by atoms with Gasteiger partial charge < -0.3 is 10.6 Å². The predicted octanol–water partition coefficient (Wildman–Crippen LogP) is 4.49. The van der Waals surface area contributed by atoms with Gasteiger partial charge in [0.2, 0.25) is 5.91 Å². The Hall–Kier alpha value is -2.37. The highest BCUT2D eigenvalue weighted by Crippen LogP contribution is 2.34. The molecule has 4 nitrogen and oxygen atoms in total. The predicted molar refractivity (Wildman–Crippen MR) is 104 cm³/mol. The van der Waals surface area contributed by atoms with Gasteiger partial charge in [-0.25, -0.2) is 0 Å². The van der Waals surface area contributed by atoms with Crippen LogP contribution in [0.5, 0.6) is 0 Å². The normalized spacial score (nSPS) is 10.6. The average Bonchev–Trinajstić information content (AvgIpc) is 2.97. The van der Waals surface area contributed by atoms with E-state index in [2.05, 4.69) is 17.6 Å². The summed E-state index contributed by atoms with van der Waals surface area (Å²) in [6.07, 6.45) is 0.945. The van der Waals surface area contributed by atoms with Crippen molar-refractivity contribution in [2.75, 3.05) is 11.9 Å². The first-order chi connectivity index (χ1) is 12.1. The lowest BCUT2D eigenvalue weighted by atomic mass is 10.1. The summed E-state index contributed by atoms with van der Waals surface area (Å²) in [5.74, 6) is -0.627. The van der Waals surface area contributed by atoms with Crippen molar-refractivity contribution in [2.24, 2.45) is 0 Å². The van der Waals surface area contributed by atoms with E-state index in [0.717, 1.165) is 16.5 Å². The van der Waals surface area contributed by atoms with Gasteiger partial charge in [-0.2, -0.15) is 0 Å². The lowest BCUT2D eigenvalue weighted by Crippen LogP contribution is -2.32. The number of nitrogens with one attached hydrogen (secondary N) is 2. The third kappa shape index (κ3) is 4.00. The largest absolute Gasteiger partial charge is 0.342 e. The van der Waals surface area contributed by atoms with Crippen LogP contribution >= 0.6 is 22.9 Å². The topological polar surface area (TPSA) is 58.2 Å². The smallest absolute Gasteiger partial charge is 0.263 e. The van der Waals surface area contributed by atoms with Crippen molar-refractivity contribution in [1.29, 1.82) is 0 Å². The number of thiophene rings is 1. The van der Waals surface area contributed by atoms with Crippen LogP contribution in [0.2, 0.25) is 5.02 Å². The zero-order valence-electron chi connectivity index (χ0n) is 13.6. The highest BCUT2D eigenvalue weighted by Gasteiger charge is 2.17. The number of carbonyl (C=O) groups is 2. The second-order valence-corrected chi connectivity index (χ2v) is 6.95. The van der Waals surface area contributed by atoms with Crippen molar-refractivity contribution in [3.05, 3.63) is 64.0 Å². The molecule has 0 atom stereocenters. The molecule has 0 unspecified atom stereocenters. The van der Waals surface area contributed by atoms with Crippen molar-refractivity contribution in [3.8, 4) is 0 Å². The maximum absolute atomic E-state index is 12.3. The molecule has 2 amide bonds. The molecule has 0 aliphatic carbocycles. The van der Waals surface area contributed by atoms with E-state index in [0.29, 0.717) is 15.6 Å². The van der Waals surface area contributed by atoms with Crippen molar-refractivity contribution < 1.29 is 9.59 Å². The molecular weight excluding hydrogens is 356 g/mol. The molecule has 2 N–H and O–H groups in total. The van der Waals surface area contributed by atoms with Crippen LogP contribution in [0.3, 0.4) is 0 Å². The van der Waals surface area contributed by atoms with Crippen molar-refractivity contribution in [1.82, 2.24) is 5.32 Å². The Morgan fingerprint density at radius 2 is 1.80 bits per heavy atom. The summed E-state index contributed by atoms with van der Waals surface area (Å²) in [7, 11) is 0. The summed E-state index contributed by atoms with van der Waals surface area (Å²) in [4.78, 5) is 24.7. The molecule has 0 aliphatic rings. The summed E-state index contributed by atoms with van der Waals surface area (Å²) >= 11 is 7.59. The molecule has 0 spiro atoms. The molecule has 1 aromatic heterocycles. The molecule has 0 aliphatic heterocycles. The Kier molecular flexibility index (Phi) is 5.36. The van der Waals surface area contributed by atoms with Gasteiger partial charge in [0.05, 0.1) is 11.6 Å². The maximum atomic E-state index is 12.3. The minimum absolute atomic E-state index is 0.112. The molecule has 3 rings (SSSR count). The number of hydrogen-bond acceptors (Lipinski definition) is 3. The lowest BCUT2D eigenvalue weighted by Gasteiger charge is -2.07. The molecular formula is C19H17ClN2O2S. The van der Waals surface area contributed by atoms with E-state index in [4.69, 9.17) is 11.6 Å². The van der Waals surface area contributed by atoms with Crippen molar-refractivity contribution in [3.63, 3.8) is 0 Å². The summed E-state index contributed by atoms with van der Waals surface area (Å²) in [6, 6.07) is 15.2. The molecule has 0 bridgehead atoms. The Bertz CT molecular complexity index is 919. The fourth-order valence-corrected chi connectivity index (χ4v) is 3.86. The summed E-state index contributed by atoms with van der Waals surface area (Å²) in [6.45, 7) is 1.96. The minimum Gasteiger partial charge on any atom is -0.342 e. The van der Waals surface area contributed by atoms with Crippen LogP contribution in [0.15, 0.2) is 48.5 Å². The quantitative estimate of drug-likeness (QED) is 0.693. The van der Waals surface area contributed by atoms with Crippen LogP contribution in [0.1, 0.15) is 22.2 Å². The third-order valence-corrected chi connectivity index (χ3v) is 5.47. The molecule has 0 saturated carbocycles. The van der Waals surface area contributed by atoms with E-state index >= 15 is 0 Å². The second kappa shape index (κ2) is 7.68. The summed E-state index contributed by atoms with van der Waals surface area (Å²) in [5, 5.41) is 6.65. The molecule has 25 heavy (non-hydrogen) atoms. The SMILES string of the molecule is CCc1ccc(NC(=O)CNC(=O)c2sc3ccccc3c2Cl)cc1. The van der Waals surface area contributed by atoms with E-state index in [1.807, 2.05) is 48.5 Å². The van der Waals surface area contributed by atoms with E-state index in [1.54, 1.807) is 0 Å². The number of amides is 2. The molecule has 3 aromatic rings. The minimum atomic E-state index is -0.345. The number of carbonyl (C=O) groups excluding carboxylic acids is 2. The number of aryl methyl sites for hydroxylation is 1. The standard InChI is InChI=1S/C19H17ClN2O2S/c1-2-12-7-9-13(10-8-12)22-16(23)11-21-19(24)18-17(20)14-5-3-4-6-15(14)25-18/h3-10H,2,11H2,1H3,(H,21,24)(H,22,23). The fraction of sp³-hybridized carbons (Fsp3) is 0.158. The monoisotopic (exact) mass is 372 g/mol. The Balaban J connectivity index is 1.60. The van der Waals surface area contributed by atoms with Gasteiger partial charge in [-0.3, -0.25) is 9.59 Å². The first kappa shape index (κ1) is 17.5. The van der Waals surface area contributed by atoms with Gasteiger partial charge in [-0.15, -0.1) is 11.3 Å². The Morgan fingerprint density at radius 1 is 1.08 bits per heavy atom. The van der Waals surface area contributed by atoms with Crippen molar-refractivity contribution >= 4 is 50.5 Å². The summed E-state index contributed by atoms with van der Waals surface area (Å²) < 4.78 is 0.943. The van der Waals surface area contributed by atoms with Gasteiger partial charge in [0.15, 0.2) is 0 Å². The maximum Gasteiger partial charge on any atom is 0.263 e. The molecule has 6 heteroatoms. The van der Waals surface area contributed by atoms with Gasteiger partial charge in [0.1, 0.15) is 4.88 Å². The lowest BCUT2D eigenvalue weighted by molar-refractivity contribution is -0.115. The van der Waals surface area contributed by atoms with Gasteiger partial charge in [0.25, 0.3) is 5.91 Å². The number of rotatable bonds is 5. The molecule has 0 fully saturated rings. The zero-order chi connectivity index (χ0) is 17.8. The number of hydrogen-bond donors (Lipinski definition) is 2. The number of halogens is 1. The number of fused-ring (bicyclic) bond motifs is 1. The first-order valence-corrected chi connectivity index (χ1v) is 9.12. The van der Waals surface area contributed by atoms with Crippen LogP contribution in [0.25, 0.3) is 10.1 Å². The van der Waals surface area contributed by atoms with Gasteiger partial charge in [-0.05, 0) is 30.2 Å². The Labute approximate surface area is 154 Å². The number of anilines is 1. The van der Waals surface area contributed by atoms with Crippen molar-refractivity contribution in [2.45, 2.75) is 13.3 Å². The van der Waals surface area contributed by atoms with E-state index < -0.39 is 0 Å². The van der Waals surface area contributed by atoms with E-state index in [9.17, 15) is 9.59 Å². The van der Waals surface area contributed by atoms with Crippen LogP contribution in [-0.2, 0) is 11.2 Å². The van der Waals surface area contributed by atoms with Gasteiger partial charge in [0, 0.05) is 15.8 Å². The highest BCUT2D eigenvalue weighted by molar-refractivity contribution is 7.21. The average molecular weight is 373 g/mol. The highest BCUT2D eigenvalue weighted by atomic mass is 35.5. The van der Waals surface area contributed by atoms with Gasteiger partial charge in [-0.1, -0.05) is 48.9 Å². The molecule has 128 valence electrons. The second-order valence-electron chi connectivity index (χ2n) is 5.52. The Morgan fingerprint density at radius 3 is 2.48 bits per heavy atom. The van der Waals surface area contributed by atoms with E-state index in [1.165, 1.54) is 16.9 Å².